The minimum atomic E-state index is 0.0207. The van der Waals surface area contributed by atoms with Crippen molar-refractivity contribution >= 4 is 0 Å². The van der Waals surface area contributed by atoms with Gasteiger partial charge in [-0.15, -0.1) is 0 Å². The Balaban J connectivity index is 1.80. The summed E-state index contributed by atoms with van der Waals surface area (Å²) < 4.78 is 0. The summed E-state index contributed by atoms with van der Waals surface area (Å²) >= 11 is 0. The van der Waals surface area contributed by atoms with Gasteiger partial charge in [0.2, 0.25) is 0 Å². The van der Waals surface area contributed by atoms with Crippen molar-refractivity contribution < 1.29 is 0 Å². The summed E-state index contributed by atoms with van der Waals surface area (Å²) in [6, 6.07) is 20.9. The highest BCUT2D eigenvalue weighted by Crippen LogP contribution is 2.18. The van der Waals surface area contributed by atoms with Crippen molar-refractivity contribution in [2.75, 3.05) is 19.6 Å². The summed E-state index contributed by atoms with van der Waals surface area (Å²) in [6.07, 6.45) is 6.23. The fourth-order valence-corrected chi connectivity index (χ4v) is 3.82. The molecule has 2 rings (SSSR count). The minimum Gasteiger partial charge on any atom is -0.389 e. The Morgan fingerprint density at radius 3 is 2.17 bits per heavy atom. The average Bonchev–Trinajstić information content (AvgIpc) is 2.77. The molecule has 0 aliphatic heterocycles. The maximum Gasteiger partial charge on any atom is 0.0306 e. The zero-order valence-corrected chi connectivity index (χ0v) is 18.7. The highest BCUT2D eigenvalue weighted by molar-refractivity contribution is 5.19. The van der Waals surface area contributed by atoms with E-state index >= 15 is 0 Å². The van der Waals surface area contributed by atoms with Gasteiger partial charge in [-0.25, -0.2) is 0 Å². The van der Waals surface area contributed by atoms with Gasteiger partial charge < -0.3 is 22.1 Å². The van der Waals surface area contributed by atoms with Gasteiger partial charge in [0, 0.05) is 24.3 Å². The summed E-state index contributed by atoms with van der Waals surface area (Å²) in [6.45, 7) is 7.23. The quantitative estimate of drug-likeness (QED) is 0.354. The molecule has 4 heteroatoms. The first-order valence-electron chi connectivity index (χ1n) is 11.4. The van der Waals surface area contributed by atoms with Crippen molar-refractivity contribution in [1.29, 1.82) is 0 Å². The van der Waals surface area contributed by atoms with Crippen molar-refractivity contribution in [3.05, 3.63) is 83.6 Å². The summed E-state index contributed by atoms with van der Waals surface area (Å²) in [7, 11) is 0. The molecule has 6 N–H and O–H groups in total. The second-order valence-electron chi connectivity index (χ2n) is 7.96. The molecule has 0 radical (unpaired) electrons. The van der Waals surface area contributed by atoms with E-state index in [0.29, 0.717) is 5.92 Å². The molecular formula is C26H40N4. The van der Waals surface area contributed by atoms with Crippen LogP contribution in [0.1, 0.15) is 50.3 Å². The van der Waals surface area contributed by atoms with Crippen LogP contribution >= 0.6 is 0 Å². The number of hydrogen-bond donors (Lipinski definition) is 4. The van der Waals surface area contributed by atoms with Crippen LogP contribution in [0, 0.1) is 5.92 Å². The van der Waals surface area contributed by atoms with Gasteiger partial charge in [-0.1, -0.05) is 67.6 Å². The average molecular weight is 409 g/mol. The van der Waals surface area contributed by atoms with E-state index in [2.05, 4.69) is 67.0 Å². The van der Waals surface area contributed by atoms with Crippen molar-refractivity contribution in [3.63, 3.8) is 0 Å². The topological polar surface area (TPSA) is 76.1 Å². The number of rotatable bonds is 14. The molecule has 0 heterocycles. The molecule has 0 amide bonds. The molecule has 2 aromatic carbocycles. The fraction of sp³-hybridized carbons (Fsp3) is 0.462. The van der Waals surface area contributed by atoms with Crippen molar-refractivity contribution in [2.45, 2.75) is 51.6 Å². The lowest BCUT2D eigenvalue weighted by Gasteiger charge is -2.22. The van der Waals surface area contributed by atoms with Gasteiger partial charge in [0.1, 0.15) is 0 Å². The Morgan fingerprint density at radius 2 is 1.53 bits per heavy atom. The first-order valence-corrected chi connectivity index (χ1v) is 11.4. The normalized spacial score (nSPS) is 14.9. The summed E-state index contributed by atoms with van der Waals surface area (Å²) in [5, 5.41) is 7.14. The van der Waals surface area contributed by atoms with Crippen LogP contribution in [0.2, 0.25) is 0 Å². The Morgan fingerprint density at radius 1 is 0.900 bits per heavy atom. The third-order valence-electron chi connectivity index (χ3n) is 5.55. The highest BCUT2D eigenvalue weighted by Gasteiger charge is 2.14. The Bertz CT molecular complexity index is 714. The largest absolute Gasteiger partial charge is 0.389 e. The lowest BCUT2D eigenvalue weighted by Crippen LogP contribution is -2.29. The third kappa shape index (κ3) is 8.70. The zero-order chi connectivity index (χ0) is 21.6. The molecule has 30 heavy (non-hydrogen) atoms. The molecule has 0 saturated heterocycles. The molecule has 0 saturated carbocycles. The van der Waals surface area contributed by atoms with Gasteiger partial charge in [0.15, 0.2) is 0 Å². The van der Waals surface area contributed by atoms with Crippen molar-refractivity contribution in [3.8, 4) is 0 Å². The number of nitrogens with one attached hydrogen (secondary N) is 2. The highest BCUT2D eigenvalue weighted by atomic mass is 14.9. The second-order valence-corrected chi connectivity index (χ2v) is 7.96. The molecule has 4 nitrogen and oxygen atoms in total. The van der Waals surface area contributed by atoms with E-state index in [1.54, 1.807) is 0 Å². The van der Waals surface area contributed by atoms with Crippen LogP contribution in [0.25, 0.3) is 0 Å². The zero-order valence-electron chi connectivity index (χ0n) is 18.7. The van der Waals surface area contributed by atoms with Gasteiger partial charge in [0.05, 0.1) is 0 Å². The van der Waals surface area contributed by atoms with E-state index in [1.165, 1.54) is 16.8 Å². The van der Waals surface area contributed by atoms with Crippen molar-refractivity contribution in [2.24, 2.45) is 17.4 Å². The van der Waals surface area contributed by atoms with Gasteiger partial charge >= 0.3 is 0 Å². The molecule has 0 aliphatic carbocycles. The third-order valence-corrected chi connectivity index (χ3v) is 5.55. The predicted molar refractivity (Wildman–Crippen MR) is 129 cm³/mol. The Hall–Kier alpha value is -2.14. The van der Waals surface area contributed by atoms with Crippen LogP contribution in [0.5, 0.6) is 0 Å². The SMILES string of the molecule is CCN/C(=C\C(N)Cc1ccccc1)C(CC)CCNCCC(N)c1ccccc1. The minimum absolute atomic E-state index is 0.0207. The molecule has 0 bridgehead atoms. The smallest absolute Gasteiger partial charge is 0.0306 e. The molecular weight excluding hydrogens is 368 g/mol. The van der Waals surface area contributed by atoms with Crippen LogP contribution in [-0.4, -0.2) is 25.7 Å². The molecule has 0 spiro atoms. The summed E-state index contributed by atoms with van der Waals surface area (Å²) in [5.41, 5.74) is 16.5. The molecule has 0 fully saturated rings. The molecule has 3 atom stereocenters. The maximum absolute atomic E-state index is 6.45. The number of hydrogen-bond acceptors (Lipinski definition) is 4. The van der Waals surface area contributed by atoms with E-state index in [1.807, 2.05) is 24.3 Å². The second kappa shape index (κ2) is 14.0. The first-order chi connectivity index (χ1) is 14.6. The Labute approximate surface area is 183 Å². The van der Waals surface area contributed by atoms with Gasteiger partial charge in [-0.3, -0.25) is 0 Å². The van der Waals surface area contributed by atoms with E-state index in [9.17, 15) is 0 Å². The molecule has 3 unspecified atom stereocenters. The predicted octanol–water partition coefficient (Wildman–Crippen LogP) is 4.15. The maximum atomic E-state index is 6.45. The lowest BCUT2D eigenvalue weighted by atomic mass is 9.95. The van der Waals surface area contributed by atoms with E-state index in [0.717, 1.165) is 45.3 Å². The van der Waals surface area contributed by atoms with Crippen LogP contribution in [0.4, 0.5) is 0 Å². The fourth-order valence-electron chi connectivity index (χ4n) is 3.82. The van der Waals surface area contributed by atoms with Gasteiger partial charge in [0.25, 0.3) is 0 Å². The van der Waals surface area contributed by atoms with Gasteiger partial charge in [-0.05, 0) is 68.8 Å². The van der Waals surface area contributed by atoms with E-state index in [-0.39, 0.29) is 12.1 Å². The number of benzene rings is 2. The van der Waals surface area contributed by atoms with Crippen LogP contribution in [0.15, 0.2) is 72.4 Å². The van der Waals surface area contributed by atoms with Crippen LogP contribution < -0.4 is 22.1 Å². The summed E-state index contributed by atoms with van der Waals surface area (Å²) in [5.74, 6) is 0.488. The first kappa shape index (κ1) is 24.1. The number of nitrogens with two attached hydrogens (primary N) is 2. The summed E-state index contributed by atoms with van der Waals surface area (Å²) in [4.78, 5) is 0. The van der Waals surface area contributed by atoms with E-state index in [4.69, 9.17) is 11.5 Å². The lowest BCUT2D eigenvalue weighted by molar-refractivity contribution is 0.471. The molecule has 0 aliphatic rings. The number of allylic oxidation sites excluding steroid dienone is 1. The van der Waals surface area contributed by atoms with Crippen molar-refractivity contribution in [1.82, 2.24) is 10.6 Å². The van der Waals surface area contributed by atoms with Crippen LogP contribution in [-0.2, 0) is 6.42 Å². The van der Waals surface area contributed by atoms with Gasteiger partial charge in [-0.2, -0.15) is 0 Å². The molecule has 2 aromatic rings. The Kier molecular flexibility index (Phi) is 11.2. The van der Waals surface area contributed by atoms with Crippen LogP contribution in [0.3, 0.4) is 0 Å². The molecule has 0 aromatic heterocycles. The molecule has 164 valence electrons. The standard InChI is InChI=1S/C26H40N4/c1-3-22(15-17-29-18-16-25(28)23-13-9-6-10-14-23)26(30-4-2)20-24(27)19-21-11-7-5-8-12-21/h5-14,20,22,24-25,29-30H,3-4,15-19,27-28H2,1-2H3/b26-20-. The monoisotopic (exact) mass is 408 g/mol. The van der Waals surface area contributed by atoms with E-state index < -0.39 is 0 Å².